The van der Waals surface area contributed by atoms with Crippen LogP contribution in [0.1, 0.15) is 22.8 Å². The zero-order valence-electron chi connectivity index (χ0n) is 9.75. The van der Waals surface area contributed by atoms with Crippen LogP contribution in [-0.2, 0) is 4.79 Å². The number of amides is 1. The van der Waals surface area contributed by atoms with Gasteiger partial charge in [0.2, 0.25) is 0 Å². The van der Waals surface area contributed by atoms with Crippen LogP contribution in [0.3, 0.4) is 0 Å². The van der Waals surface area contributed by atoms with Gasteiger partial charge in [-0.15, -0.1) is 6.42 Å². The van der Waals surface area contributed by atoms with Crippen LogP contribution in [0, 0.1) is 12.3 Å². The molecule has 0 fully saturated rings. The van der Waals surface area contributed by atoms with Crippen molar-refractivity contribution in [2.75, 3.05) is 0 Å². The third kappa shape index (κ3) is 3.34. The van der Waals surface area contributed by atoms with Gasteiger partial charge in [0, 0.05) is 11.1 Å². The number of aliphatic hydroxyl groups is 1. The number of carbonyl (C=O) groups excluding carboxylic acids is 1. The standard InChI is InChI=1S/C13H13NO4/c1-3-9-4-6-10(7-5-9)12(16)14-11(8(2)15)13(17)18/h1,4-8,11,15H,2H3,(H,14,16)(H,17,18)/t8-,11+/m1/s1. The monoisotopic (exact) mass is 247 g/mol. The van der Waals surface area contributed by atoms with E-state index in [4.69, 9.17) is 11.5 Å². The summed E-state index contributed by atoms with van der Waals surface area (Å²) in [6.07, 6.45) is 3.99. The van der Waals surface area contributed by atoms with E-state index in [0.29, 0.717) is 5.56 Å². The molecule has 94 valence electrons. The summed E-state index contributed by atoms with van der Waals surface area (Å²) >= 11 is 0. The quantitative estimate of drug-likeness (QED) is 0.665. The molecule has 0 spiro atoms. The minimum atomic E-state index is -1.34. The summed E-state index contributed by atoms with van der Waals surface area (Å²) in [7, 11) is 0. The number of carboxylic acid groups (broad SMARTS) is 1. The van der Waals surface area contributed by atoms with Crippen LogP contribution in [-0.4, -0.2) is 34.2 Å². The van der Waals surface area contributed by atoms with Crippen LogP contribution in [0.25, 0.3) is 0 Å². The van der Waals surface area contributed by atoms with Gasteiger partial charge in [-0.05, 0) is 31.2 Å². The van der Waals surface area contributed by atoms with Gasteiger partial charge in [-0.1, -0.05) is 5.92 Å². The molecule has 1 amide bonds. The molecular weight excluding hydrogens is 234 g/mol. The van der Waals surface area contributed by atoms with E-state index in [1.54, 1.807) is 12.1 Å². The normalized spacial score (nSPS) is 13.2. The van der Waals surface area contributed by atoms with Crippen LogP contribution >= 0.6 is 0 Å². The van der Waals surface area contributed by atoms with Crippen molar-refractivity contribution in [2.45, 2.75) is 19.1 Å². The van der Waals surface area contributed by atoms with Crippen molar-refractivity contribution in [3.05, 3.63) is 35.4 Å². The van der Waals surface area contributed by atoms with Crippen molar-refractivity contribution in [3.63, 3.8) is 0 Å². The third-order valence-corrected chi connectivity index (χ3v) is 2.35. The molecule has 0 bridgehead atoms. The van der Waals surface area contributed by atoms with Gasteiger partial charge in [0.1, 0.15) is 0 Å². The Morgan fingerprint density at radius 2 is 1.89 bits per heavy atom. The fraction of sp³-hybridized carbons (Fsp3) is 0.231. The molecule has 0 aliphatic heterocycles. The number of aliphatic carboxylic acids is 1. The molecule has 2 atom stereocenters. The Morgan fingerprint density at radius 3 is 2.28 bits per heavy atom. The van der Waals surface area contributed by atoms with Gasteiger partial charge < -0.3 is 15.5 Å². The summed E-state index contributed by atoms with van der Waals surface area (Å²) < 4.78 is 0. The van der Waals surface area contributed by atoms with Gasteiger partial charge in [0.25, 0.3) is 5.91 Å². The van der Waals surface area contributed by atoms with Gasteiger partial charge in [-0.3, -0.25) is 4.79 Å². The van der Waals surface area contributed by atoms with Crippen molar-refractivity contribution in [1.29, 1.82) is 0 Å². The molecule has 0 aliphatic rings. The van der Waals surface area contributed by atoms with Gasteiger partial charge in [0.15, 0.2) is 6.04 Å². The predicted molar refractivity (Wildman–Crippen MR) is 64.9 cm³/mol. The van der Waals surface area contributed by atoms with E-state index < -0.39 is 24.0 Å². The van der Waals surface area contributed by atoms with Gasteiger partial charge in [0.05, 0.1) is 6.10 Å². The summed E-state index contributed by atoms with van der Waals surface area (Å²) in [5.74, 6) is 0.535. The molecule has 1 aromatic rings. The van der Waals surface area contributed by atoms with E-state index in [0.717, 1.165) is 0 Å². The molecule has 1 aromatic carbocycles. The van der Waals surface area contributed by atoms with E-state index >= 15 is 0 Å². The lowest BCUT2D eigenvalue weighted by Crippen LogP contribution is -2.47. The number of carboxylic acids is 1. The van der Waals surface area contributed by atoms with E-state index in [2.05, 4.69) is 11.2 Å². The lowest BCUT2D eigenvalue weighted by Gasteiger charge is -2.16. The second-order valence-electron chi connectivity index (χ2n) is 3.75. The second kappa shape index (κ2) is 5.84. The number of benzene rings is 1. The highest BCUT2D eigenvalue weighted by Gasteiger charge is 2.25. The maximum Gasteiger partial charge on any atom is 0.328 e. The minimum Gasteiger partial charge on any atom is -0.480 e. The van der Waals surface area contributed by atoms with Crippen LogP contribution < -0.4 is 5.32 Å². The molecule has 0 saturated carbocycles. The molecule has 1 rings (SSSR count). The van der Waals surface area contributed by atoms with E-state index in [1.807, 2.05) is 0 Å². The highest BCUT2D eigenvalue weighted by molar-refractivity contribution is 5.96. The zero-order chi connectivity index (χ0) is 13.7. The fourth-order valence-corrected chi connectivity index (χ4v) is 1.33. The Kier molecular flexibility index (Phi) is 4.46. The Bertz CT molecular complexity index is 485. The fourth-order valence-electron chi connectivity index (χ4n) is 1.33. The van der Waals surface area contributed by atoms with E-state index in [1.165, 1.54) is 19.1 Å². The molecule has 18 heavy (non-hydrogen) atoms. The largest absolute Gasteiger partial charge is 0.480 e. The second-order valence-corrected chi connectivity index (χ2v) is 3.75. The molecule has 0 aromatic heterocycles. The van der Waals surface area contributed by atoms with Crippen molar-refractivity contribution in [2.24, 2.45) is 0 Å². The Morgan fingerprint density at radius 1 is 1.33 bits per heavy atom. The molecule has 5 nitrogen and oxygen atoms in total. The van der Waals surface area contributed by atoms with Gasteiger partial charge in [-0.25, -0.2) is 4.79 Å². The smallest absolute Gasteiger partial charge is 0.328 e. The first-order valence-corrected chi connectivity index (χ1v) is 5.24. The van der Waals surface area contributed by atoms with Gasteiger partial charge in [-0.2, -0.15) is 0 Å². The summed E-state index contributed by atoms with van der Waals surface area (Å²) in [5, 5.41) is 20.3. The van der Waals surface area contributed by atoms with Crippen molar-refractivity contribution < 1.29 is 19.8 Å². The van der Waals surface area contributed by atoms with E-state index in [-0.39, 0.29) is 5.56 Å². The van der Waals surface area contributed by atoms with Crippen molar-refractivity contribution >= 4 is 11.9 Å². The number of aliphatic hydroxyl groups excluding tert-OH is 1. The summed E-state index contributed by atoms with van der Waals surface area (Å²) in [4.78, 5) is 22.5. The number of carbonyl (C=O) groups is 2. The summed E-state index contributed by atoms with van der Waals surface area (Å²) in [5.41, 5.74) is 0.901. The average molecular weight is 247 g/mol. The number of rotatable bonds is 4. The SMILES string of the molecule is C#Cc1ccc(C(=O)N[C@H](C(=O)O)[C@@H](C)O)cc1. The highest BCUT2D eigenvalue weighted by Crippen LogP contribution is 2.04. The highest BCUT2D eigenvalue weighted by atomic mass is 16.4. The minimum absolute atomic E-state index is 0.279. The maximum absolute atomic E-state index is 11.7. The van der Waals surface area contributed by atoms with Crippen LogP contribution in [0.2, 0.25) is 0 Å². The third-order valence-electron chi connectivity index (χ3n) is 2.35. The van der Waals surface area contributed by atoms with Crippen LogP contribution in [0.4, 0.5) is 0 Å². The first kappa shape index (κ1) is 13.7. The molecular formula is C13H13NO4. The summed E-state index contributed by atoms with van der Waals surface area (Å²) in [6.45, 7) is 1.29. The molecule has 0 radical (unpaired) electrons. The topological polar surface area (TPSA) is 86.6 Å². The first-order valence-electron chi connectivity index (χ1n) is 5.24. The number of terminal acetylenes is 1. The predicted octanol–water partition coefficient (Wildman–Crippen LogP) is 0.232. The van der Waals surface area contributed by atoms with Crippen molar-refractivity contribution in [1.82, 2.24) is 5.32 Å². The first-order chi connectivity index (χ1) is 8.45. The number of hydrogen-bond acceptors (Lipinski definition) is 3. The molecule has 0 heterocycles. The average Bonchev–Trinajstić information content (AvgIpc) is 2.35. The maximum atomic E-state index is 11.7. The lowest BCUT2D eigenvalue weighted by molar-refractivity contribution is -0.141. The lowest BCUT2D eigenvalue weighted by atomic mass is 10.1. The molecule has 0 unspecified atom stereocenters. The number of hydrogen-bond donors (Lipinski definition) is 3. The van der Waals surface area contributed by atoms with E-state index in [9.17, 15) is 14.7 Å². The van der Waals surface area contributed by atoms with Crippen LogP contribution in [0.5, 0.6) is 0 Å². The van der Waals surface area contributed by atoms with Crippen molar-refractivity contribution in [3.8, 4) is 12.3 Å². The number of nitrogens with one attached hydrogen (secondary N) is 1. The molecule has 0 aliphatic carbocycles. The molecule has 5 heteroatoms. The Labute approximate surface area is 104 Å². The molecule has 3 N–H and O–H groups in total. The van der Waals surface area contributed by atoms with Gasteiger partial charge >= 0.3 is 5.97 Å². The molecule has 0 saturated heterocycles. The summed E-state index contributed by atoms with van der Waals surface area (Å²) in [6, 6.07) is 4.79. The van der Waals surface area contributed by atoms with Crippen LogP contribution in [0.15, 0.2) is 24.3 Å². The zero-order valence-corrected chi connectivity index (χ0v) is 9.75. The Balaban J connectivity index is 2.81. The Hall–Kier alpha value is -2.32.